The van der Waals surface area contributed by atoms with E-state index in [0.29, 0.717) is 28.6 Å². The Balaban J connectivity index is 2.24. The summed E-state index contributed by atoms with van der Waals surface area (Å²) in [5.41, 5.74) is 0.971. The molecule has 0 aliphatic heterocycles. The van der Waals surface area contributed by atoms with Gasteiger partial charge in [-0.1, -0.05) is 17.7 Å². The summed E-state index contributed by atoms with van der Waals surface area (Å²) >= 11 is 5.88. The first-order chi connectivity index (χ1) is 10.1. The number of carbonyl (C=O) groups is 1. The lowest BCUT2D eigenvalue weighted by Gasteiger charge is -2.08. The van der Waals surface area contributed by atoms with Crippen LogP contribution in [0.3, 0.4) is 0 Å². The van der Waals surface area contributed by atoms with Crippen molar-refractivity contribution in [2.75, 3.05) is 17.2 Å². The lowest BCUT2D eigenvalue weighted by Crippen LogP contribution is -2.15. The minimum atomic E-state index is -0.395. The smallest absolute Gasteiger partial charge is 0.274 e. The Morgan fingerprint density at radius 1 is 1.38 bits per heavy atom. The van der Waals surface area contributed by atoms with Crippen molar-refractivity contribution in [1.82, 2.24) is 4.98 Å². The van der Waals surface area contributed by atoms with E-state index in [2.05, 4.69) is 15.6 Å². The molecule has 2 rings (SSSR count). The number of anilines is 2. The number of amides is 1. The fourth-order valence-electron chi connectivity index (χ4n) is 1.74. The molecule has 0 unspecified atom stereocenters. The van der Waals surface area contributed by atoms with E-state index in [4.69, 9.17) is 16.9 Å². The normalized spacial score (nSPS) is 9.76. The summed E-state index contributed by atoms with van der Waals surface area (Å²) in [6.07, 6.45) is 0. The monoisotopic (exact) mass is 300 g/mol. The van der Waals surface area contributed by atoms with E-state index in [1.54, 1.807) is 30.3 Å². The molecule has 0 bridgehead atoms. The quantitative estimate of drug-likeness (QED) is 0.908. The SMILES string of the molecule is CCNc1cccc(C(=O)Nc2cc(Cl)ccc2C#N)n1. The Labute approximate surface area is 127 Å². The number of hydrogen-bond donors (Lipinski definition) is 2. The highest BCUT2D eigenvalue weighted by Gasteiger charge is 2.11. The van der Waals surface area contributed by atoms with Crippen molar-refractivity contribution in [3.63, 3.8) is 0 Å². The Hall–Kier alpha value is -2.58. The molecule has 1 heterocycles. The molecule has 1 aromatic carbocycles. The van der Waals surface area contributed by atoms with Crippen molar-refractivity contribution in [2.45, 2.75) is 6.92 Å². The lowest BCUT2D eigenvalue weighted by atomic mass is 10.2. The van der Waals surface area contributed by atoms with Crippen molar-refractivity contribution < 1.29 is 4.79 Å². The standard InChI is InChI=1S/C15H13ClN4O/c1-2-18-14-5-3-4-12(19-14)15(21)20-13-8-11(16)7-6-10(13)9-17/h3-8H,2H2,1H3,(H,18,19)(H,20,21). The van der Waals surface area contributed by atoms with Gasteiger partial charge in [0.15, 0.2) is 0 Å². The van der Waals surface area contributed by atoms with Gasteiger partial charge in [0, 0.05) is 11.6 Å². The van der Waals surface area contributed by atoms with Crippen molar-refractivity contribution in [3.05, 3.63) is 52.7 Å². The summed E-state index contributed by atoms with van der Waals surface area (Å²) in [7, 11) is 0. The minimum Gasteiger partial charge on any atom is -0.370 e. The highest BCUT2D eigenvalue weighted by molar-refractivity contribution is 6.31. The highest BCUT2D eigenvalue weighted by Crippen LogP contribution is 2.21. The first kappa shape index (κ1) is 14.8. The van der Waals surface area contributed by atoms with Gasteiger partial charge in [-0.3, -0.25) is 4.79 Å². The molecule has 1 aromatic heterocycles. The maximum absolute atomic E-state index is 12.2. The first-order valence-corrected chi connectivity index (χ1v) is 6.73. The van der Waals surface area contributed by atoms with Crippen LogP contribution in [0.5, 0.6) is 0 Å². The number of pyridine rings is 1. The van der Waals surface area contributed by atoms with E-state index in [0.717, 1.165) is 0 Å². The zero-order valence-corrected chi connectivity index (χ0v) is 12.1. The van der Waals surface area contributed by atoms with Crippen molar-refractivity contribution in [2.24, 2.45) is 0 Å². The van der Waals surface area contributed by atoms with Crippen molar-refractivity contribution in [1.29, 1.82) is 5.26 Å². The second-order valence-corrected chi connectivity index (χ2v) is 4.63. The number of nitrogens with one attached hydrogen (secondary N) is 2. The molecule has 21 heavy (non-hydrogen) atoms. The van der Waals surface area contributed by atoms with E-state index in [9.17, 15) is 4.79 Å². The summed E-state index contributed by atoms with van der Waals surface area (Å²) in [6, 6.07) is 11.8. The third-order valence-corrected chi connectivity index (χ3v) is 2.92. The molecule has 0 spiro atoms. The Morgan fingerprint density at radius 3 is 2.90 bits per heavy atom. The van der Waals surface area contributed by atoms with Crippen LogP contribution in [-0.2, 0) is 0 Å². The third kappa shape index (κ3) is 3.71. The molecule has 6 heteroatoms. The number of rotatable bonds is 4. The molecule has 2 N–H and O–H groups in total. The van der Waals surface area contributed by atoms with Gasteiger partial charge in [0.05, 0.1) is 11.3 Å². The summed E-state index contributed by atoms with van der Waals surface area (Å²) in [5.74, 6) is 0.227. The minimum absolute atomic E-state index is 0.261. The molecule has 106 valence electrons. The van der Waals surface area contributed by atoms with Crippen LogP contribution in [0.1, 0.15) is 23.0 Å². The van der Waals surface area contributed by atoms with Crippen molar-refractivity contribution >= 4 is 29.0 Å². The number of hydrogen-bond acceptors (Lipinski definition) is 4. The molecule has 0 fully saturated rings. The van der Waals surface area contributed by atoms with Gasteiger partial charge in [0.25, 0.3) is 5.91 Å². The predicted octanol–water partition coefficient (Wildman–Crippen LogP) is 3.29. The molecular formula is C15H13ClN4O. The Kier molecular flexibility index (Phi) is 4.75. The molecule has 0 saturated carbocycles. The van der Waals surface area contributed by atoms with Gasteiger partial charge in [0.1, 0.15) is 17.6 Å². The molecule has 0 atom stereocenters. The molecule has 0 radical (unpaired) electrons. The third-order valence-electron chi connectivity index (χ3n) is 2.69. The van der Waals surface area contributed by atoms with Gasteiger partial charge in [-0.2, -0.15) is 5.26 Å². The second-order valence-electron chi connectivity index (χ2n) is 4.19. The van der Waals surface area contributed by atoms with Gasteiger partial charge in [-0.15, -0.1) is 0 Å². The topological polar surface area (TPSA) is 77.8 Å². The van der Waals surface area contributed by atoms with Crippen LogP contribution in [0.15, 0.2) is 36.4 Å². The van der Waals surface area contributed by atoms with Gasteiger partial charge in [-0.05, 0) is 37.3 Å². The van der Waals surface area contributed by atoms with Gasteiger partial charge in [0.2, 0.25) is 0 Å². The van der Waals surface area contributed by atoms with Crippen LogP contribution in [0.4, 0.5) is 11.5 Å². The Bertz CT molecular complexity index is 709. The fourth-order valence-corrected chi connectivity index (χ4v) is 1.92. The second kappa shape index (κ2) is 6.73. The number of nitrogens with zero attached hydrogens (tertiary/aromatic N) is 2. The number of aromatic nitrogens is 1. The van der Waals surface area contributed by atoms with Crippen LogP contribution < -0.4 is 10.6 Å². The van der Waals surface area contributed by atoms with Gasteiger partial charge in [-0.25, -0.2) is 4.98 Å². The summed E-state index contributed by atoms with van der Waals surface area (Å²) < 4.78 is 0. The largest absolute Gasteiger partial charge is 0.370 e. The average molecular weight is 301 g/mol. The molecule has 0 aliphatic carbocycles. The predicted molar refractivity (Wildman–Crippen MR) is 82.5 cm³/mol. The van der Waals surface area contributed by atoms with E-state index in [1.807, 2.05) is 13.0 Å². The molecule has 2 aromatic rings. The van der Waals surface area contributed by atoms with E-state index < -0.39 is 5.91 Å². The average Bonchev–Trinajstić information content (AvgIpc) is 2.48. The van der Waals surface area contributed by atoms with Crippen LogP contribution in [0.25, 0.3) is 0 Å². The van der Waals surface area contributed by atoms with Gasteiger partial charge < -0.3 is 10.6 Å². The fraction of sp³-hybridized carbons (Fsp3) is 0.133. The number of halogens is 1. The first-order valence-electron chi connectivity index (χ1n) is 6.36. The molecule has 1 amide bonds. The van der Waals surface area contributed by atoms with E-state index >= 15 is 0 Å². The van der Waals surface area contributed by atoms with Crippen LogP contribution in [0, 0.1) is 11.3 Å². The van der Waals surface area contributed by atoms with Crippen LogP contribution in [-0.4, -0.2) is 17.4 Å². The maximum atomic E-state index is 12.2. The number of benzene rings is 1. The van der Waals surface area contributed by atoms with E-state index in [1.165, 1.54) is 6.07 Å². The van der Waals surface area contributed by atoms with Gasteiger partial charge >= 0.3 is 0 Å². The number of nitriles is 1. The number of carbonyl (C=O) groups excluding carboxylic acids is 1. The van der Waals surface area contributed by atoms with Crippen LogP contribution >= 0.6 is 11.6 Å². The Morgan fingerprint density at radius 2 is 2.19 bits per heavy atom. The zero-order chi connectivity index (χ0) is 15.2. The molecular weight excluding hydrogens is 288 g/mol. The molecule has 0 saturated heterocycles. The summed E-state index contributed by atoms with van der Waals surface area (Å²) in [4.78, 5) is 16.4. The lowest BCUT2D eigenvalue weighted by molar-refractivity contribution is 0.102. The van der Waals surface area contributed by atoms with Crippen LogP contribution in [0.2, 0.25) is 5.02 Å². The highest BCUT2D eigenvalue weighted by atomic mass is 35.5. The van der Waals surface area contributed by atoms with Crippen molar-refractivity contribution in [3.8, 4) is 6.07 Å². The summed E-state index contributed by atoms with van der Waals surface area (Å²) in [5, 5.41) is 15.2. The summed E-state index contributed by atoms with van der Waals surface area (Å²) in [6.45, 7) is 2.66. The van der Waals surface area contributed by atoms with E-state index in [-0.39, 0.29) is 5.69 Å². The molecule has 5 nitrogen and oxygen atoms in total. The zero-order valence-electron chi connectivity index (χ0n) is 11.4. The maximum Gasteiger partial charge on any atom is 0.274 e. The molecule has 0 aliphatic rings.